The van der Waals surface area contributed by atoms with Gasteiger partial charge in [0.05, 0.1) is 17.5 Å². The average Bonchev–Trinajstić information content (AvgIpc) is 3.56. The average molecular weight is 397 g/mol. The Hall–Kier alpha value is -2.88. The van der Waals surface area contributed by atoms with Crippen LogP contribution in [0.5, 0.6) is 11.5 Å². The number of para-hydroxylation sites is 1. The number of fused-ring (bicyclic) bond motifs is 12. The molecule has 8 atom stereocenters. The van der Waals surface area contributed by atoms with Crippen LogP contribution in [0.3, 0.4) is 0 Å². The molecule has 0 N–H and O–H groups in total. The van der Waals surface area contributed by atoms with E-state index < -0.39 is 0 Å². The van der Waals surface area contributed by atoms with Crippen molar-refractivity contribution in [3.8, 4) is 11.5 Å². The summed E-state index contributed by atoms with van der Waals surface area (Å²) in [6.07, 6.45) is 7.09. The topological polar surface area (TPSA) is 46.6 Å². The summed E-state index contributed by atoms with van der Waals surface area (Å²) in [4.78, 5) is 28.3. The van der Waals surface area contributed by atoms with Crippen LogP contribution in [0.2, 0.25) is 0 Å². The molecule has 3 saturated carbocycles. The molecule has 150 valence electrons. The van der Waals surface area contributed by atoms with Crippen LogP contribution < -0.4 is 9.64 Å². The van der Waals surface area contributed by atoms with E-state index in [1.54, 1.807) is 0 Å². The monoisotopic (exact) mass is 397 g/mol. The van der Waals surface area contributed by atoms with E-state index in [0.29, 0.717) is 46.9 Å². The van der Waals surface area contributed by atoms with Crippen molar-refractivity contribution in [1.29, 1.82) is 0 Å². The Labute approximate surface area is 175 Å². The van der Waals surface area contributed by atoms with Crippen molar-refractivity contribution < 1.29 is 14.3 Å². The van der Waals surface area contributed by atoms with E-state index >= 15 is 0 Å². The summed E-state index contributed by atoms with van der Waals surface area (Å²) < 4.78 is 5.85. The van der Waals surface area contributed by atoms with E-state index in [0.717, 1.165) is 12.2 Å². The molecule has 0 aromatic heterocycles. The first-order valence-electron chi connectivity index (χ1n) is 11.1. The van der Waals surface area contributed by atoms with Crippen LogP contribution in [0.25, 0.3) is 0 Å². The molecule has 4 aliphatic carbocycles. The minimum absolute atomic E-state index is 0.0273. The predicted octanol–water partition coefficient (Wildman–Crippen LogP) is 4.67. The maximum absolute atomic E-state index is 13.4. The van der Waals surface area contributed by atoms with E-state index in [1.807, 2.05) is 54.6 Å². The van der Waals surface area contributed by atoms with Gasteiger partial charge >= 0.3 is 0 Å². The molecule has 2 aromatic carbocycles. The number of hydrogen-bond acceptors (Lipinski definition) is 3. The maximum Gasteiger partial charge on any atom is 0.237 e. The van der Waals surface area contributed by atoms with Gasteiger partial charge in [-0.1, -0.05) is 30.4 Å². The van der Waals surface area contributed by atoms with Crippen molar-refractivity contribution in [1.82, 2.24) is 0 Å². The van der Waals surface area contributed by atoms with Crippen LogP contribution >= 0.6 is 0 Å². The number of nitrogens with zero attached hydrogens (tertiary/aromatic N) is 1. The smallest absolute Gasteiger partial charge is 0.237 e. The van der Waals surface area contributed by atoms with Crippen LogP contribution in [0.4, 0.5) is 5.69 Å². The van der Waals surface area contributed by atoms with Gasteiger partial charge in [0, 0.05) is 0 Å². The Morgan fingerprint density at radius 2 is 1.27 bits per heavy atom. The molecule has 5 aliphatic rings. The van der Waals surface area contributed by atoms with Crippen molar-refractivity contribution in [3.63, 3.8) is 0 Å². The highest BCUT2D eigenvalue weighted by Gasteiger charge is 2.71. The van der Waals surface area contributed by atoms with E-state index in [-0.39, 0.29) is 23.7 Å². The normalized spacial score (nSPS) is 39.7. The number of carbonyl (C=O) groups excluding carboxylic acids is 2. The molecular formula is C26H23NO3. The highest BCUT2D eigenvalue weighted by Crippen LogP contribution is 2.70. The van der Waals surface area contributed by atoms with Gasteiger partial charge in [-0.15, -0.1) is 0 Å². The number of carbonyl (C=O) groups is 2. The van der Waals surface area contributed by atoms with Crippen molar-refractivity contribution in [2.45, 2.75) is 12.8 Å². The molecule has 30 heavy (non-hydrogen) atoms. The Morgan fingerprint density at radius 3 is 1.87 bits per heavy atom. The van der Waals surface area contributed by atoms with Crippen molar-refractivity contribution >= 4 is 17.5 Å². The lowest BCUT2D eigenvalue weighted by molar-refractivity contribution is -0.123. The van der Waals surface area contributed by atoms with E-state index in [1.165, 1.54) is 11.3 Å². The summed E-state index contributed by atoms with van der Waals surface area (Å²) in [7, 11) is 0. The minimum Gasteiger partial charge on any atom is -0.457 e. The molecule has 2 aromatic rings. The number of hydrogen-bond donors (Lipinski definition) is 0. The van der Waals surface area contributed by atoms with Crippen LogP contribution in [-0.4, -0.2) is 11.8 Å². The standard InChI is InChI=1S/C26H23NO3/c28-25-23-19-13-20(22-15-7-6-14(12-15)21(19)22)24(23)26(29)27(25)16-8-10-18(11-9-16)30-17-4-2-1-3-5-17/h1-11,14-15,19-24H,12-13H2. The van der Waals surface area contributed by atoms with Gasteiger partial charge in [-0.25, -0.2) is 0 Å². The summed E-state index contributed by atoms with van der Waals surface area (Å²) in [5.41, 5.74) is 0.672. The number of benzene rings is 2. The third kappa shape index (κ3) is 2.07. The lowest BCUT2D eigenvalue weighted by atomic mass is 9.65. The van der Waals surface area contributed by atoms with Crippen molar-refractivity contribution in [3.05, 3.63) is 66.7 Å². The van der Waals surface area contributed by atoms with Crippen LogP contribution in [0.15, 0.2) is 66.7 Å². The minimum atomic E-state index is -0.100. The number of rotatable bonds is 3. The fraction of sp³-hybridized carbons (Fsp3) is 0.385. The van der Waals surface area contributed by atoms with Gasteiger partial charge < -0.3 is 4.74 Å². The molecule has 1 heterocycles. The molecule has 4 fully saturated rings. The summed E-state index contributed by atoms with van der Waals surface area (Å²) in [5, 5.41) is 0. The summed E-state index contributed by atoms with van der Waals surface area (Å²) in [6, 6.07) is 16.9. The van der Waals surface area contributed by atoms with Crippen LogP contribution in [0.1, 0.15) is 12.8 Å². The van der Waals surface area contributed by atoms with E-state index in [2.05, 4.69) is 12.2 Å². The first-order chi connectivity index (χ1) is 14.7. The first kappa shape index (κ1) is 16.9. The third-order valence-corrected chi connectivity index (χ3v) is 8.51. The first-order valence-corrected chi connectivity index (χ1v) is 11.1. The molecule has 7 rings (SSSR count). The van der Waals surface area contributed by atoms with Gasteiger partial charge in [-0.3, -0.25) is 14.5 Å². The molecule has 2 amide bonds. The van der Waals surface area contributed by atoms with Crippen LogP contribution in [0, 0.1) is 47.3 Å². The summed E-state index contributed by atoms with van der Waals surface area (Å²) in [6.45, 7) is 0. The Kier molecular flexibility index (Phi) is 3.28. The lowest BCUT2D eigenvalue weighted by Gasteiger charge is -2.36. The largest absolute Gasteiger partial charge is 0.457 e. The van der Waals surface area contributed by atoms with Gasteiger partial charge in [-0.05, 0) is 84.7 Å². The predicted molar refractivity (Wildman–Crippen MR) is 112 cm³/mol. The zero-order chi connectivity index (χ0) is 20.0. The SMILES string of the molecule is O=C1C2C3CC(C2C(=O)N1c1ccc(Oc2ccccc2)cc1)C1C2C=CC(C2)C31. The maximum atomic E-state index is 13.4. The number of imide groups is 1. The second kappa shape index (κ2) is 5.84. The molecule has 4 nitrogen and oxygen atoms in total. The van der Waals surface area contributed by atoms with Crippen molar-refractivity contribution in [2.24, 2.45) is 47.3 Å². The molecule has 1 saturated heterocycles. The molecule has 0 radical (unpaired) electrons. The number of ether oxygens (including phenoxy) is 1. The fourth-order valence-corrected chi connectivity index (χ4v) is 7.66. The third-order valence-electron chi connectivity index (χ3n) is 8.51. The quantitative estimate of drug-likeness (QED) is 0.429. The zero-order valence-electron chi connectivity index (χ0n) is 16.6. The van der Waals surface area contributed by atoms with Gasteiger partial charge in [-0.2, -0.15) is 0 Å². The fourth-order valence-electron chi connectivity index (χ4n) is 7.66. The zero-order valence-corrected chi connectivity index (χ0v) is 16.6. The van der Waals surface area contributed by atoms with E-state index in [9.17, 15) is 9.59 Å². The molecular weight excluding hydrogens is 374 g/mol. The van der Waals surface area contributed by atoms with E-state index in [4.69, 9.17) is 4.74 Å². The number of anilines is 1. The summed E-state index contributed by atoms with van der Waals surface area (Å²) >= 11 is 0. The highest BCUT2D eigenvalue weighted by atomic mass is 16.5. The molecule has 4 bridgehead atoms. The Bertz CT molecular complexity index is 1030. The second-order valence-corrected chi connectivity index (χ2v) is 9.64. The van der Waals surface area contributed by atoms with Crippen molar-refractivity contribution in [2.75, 3.05) is 4.90 Å². The van der Waals surface area contributed by atoms with Gasteiger partial charge in [0.1, 0.15) is 11.5 Å². The highest BCUT2D eigenvalue weighted by molar-refractivity contribution is 6.22. The Morgan fingerprint density at radius 1 is 0.700 bits per heavy atom. The number of amides is 2. The molecule has 8 unspecified atom stereocenters. The number of allylic oxidation sites excluding steroid dienone is 2. The summed E-state index contributed by atoms with van der Waals surface area (Å²) in [5.74, 6) is 4.64. The Balaban J connectivity index is 1.16. The lowest BCUT2D eigenvalue weighted by Crippen LogP contribution is -2.38. The van der Waals surface area contributed by atoms with Gasteiger partial charge in [0.15, 0.2) is 0 Å². The van der Waals surface area contributed by atoms with Gasteiger partial charge in [0.25, 0.3) is 0 Å². The van der Waals surface area contributed by atoms with Crippen LogP contribution in [-0.2, 0) is 9.59 Å². The second-order valence-electron chi connectivity index (χ2n) is 9.64. The molecule has 0 spiro atoms. The molecule has 1 aliphatic heterocycles. The van der Waals surface area contributed by atoms with Gasteiger partial charge in [0.2, 0.25) is 11.8 Å². The molecule has 4 heteroatoms.